The molecule has 3 aliphatic heterocycles. The van der Waals surface area contributed by atoms with Crippen LogP contribution in [0.4, 0.5) is 0 Å². The fraction of sp³-hybridized carbons (Fsp3) is 0.500. The third kappa shape index (κ3) is 2.79. The van der Waals surface area contributed by atoms with E-state index in [2.05, 4.69) is 22.1 Å². The molecular weight excluding hydrogens is 334 g/mol. The summed E-state index contributed by atoms with van der Waals surface area (Å²) < 4.78 is 5.28. The Bertz CT molecular complexity index is 718. The lowest BCUT2D eigenvalue weighted by molar-refractivity contribution is 0.0218. The quantitative estimate of drug-likeness (QED) is 0.922. The Balaban J connectivity index is 1.48. The Kier molecular flexibility index (Phi) is 3.91. The highest BCUT2D eigenvalue weighted by Crippen LogP contribution is 2.33. The van der Waals surface area contributed by atoms with Crippen LogP contribution in [0.15, 0.2) is 22.8 Å². The number of carbonyl (C=O) groups excluding carboxylic acids is 1. The molecule has 3 aliphatic rings. The molecule has 2 bridgehead atoms. The van der Waals surface area contributed by atoms with E-state index in [1.54, 1.807) is 0 Å². The van der Waals surface area contributed by atoms with Crippen LogP contribution in [0.1, 0.15) is 29.4 Å². The van der Waals surface area contributed by atoms with E-state index in [1.807, 2.05) is 12.1 Å². The van der Waals surface area contributed by atoms with E-state index < -0.39 is 0 Å². The number of amides is 1. The molecule has 1 N–H and O–H groups in total. The zero-order valence-corrected chi connectivity index (χ0v) is 14.4. The van der Waals surface area contributed by atoms with Crippen molar-refractivity contribution < 1.29 is 9.21 Å². The van der Waals surface area contributed by atoms with Crippen LogP contribution in [0, 0.1) is 5.92 Å². The number of hydrogen-bond donors (Lipinski definition) is 1. The summed E-state index contributed by atoms with van der Waals surface area (Å²) in [6.45, 7) is 4.53. The van der Waals surface area contributed by atoms with Crippen LogP contribution in [0.5, 0.6) is 0 Å². The number of thiophene rings is 1. The number of oxazole rings is 1. The maximum absolute atomic E-state index is 12.6. The second-order valence-electron chi connectivity index (χ2n) is 6.25. The summed E-state index contributed by atoms with van der Waals surface area (Å²) in [7, 11) is 0. The lowest BCUT2D eigenvalue weighted by atomic mass is 9.79. The molecule has 0 spiro atoms. The SMILES string of the molecule is CC1C(NC(=O)c2ccc(-c3nc(Cl)co3)s2)C2CCN1CC2. The average molecular weight is 352 g/mol. The number of halogens is 1. The fourth-order valence-corrected chi connectivity index (χ4v) is 4.67. The maximum Gasteiger partial charge on any atom is 0.261 e. The van der Waals surface area contributed by atoms with Gasteiger partial charge in [0.05, 0.1) is 9.75 Å². The monoisotopic (exact) mass is 351 g/mol. The molecule has 0 radical (unpaired) electrons. The summed E-state index contributed by atoms with van der Waals surface area (Å²) in [6.07, 6.45) is 3.75. The molecule has 122 valence electrons. The van der Waals surface area contributed by atoms with Gasteiger partial charge in [-0.25, -0.2) is 0 Å². The summed E-state index contributed by atoms with van der Waals surface area (Å²) in [5.74, 6) is 1.05. The van der Waals surface area contributed by atoms with E-state index >= 15 is 0 Å². The molecule has 5 rings (SSSR count). The number of fused-ring (bicyclic) bond motifs is 3. The molecule has 5 nitrogen and oxygen atoms in total. The predicted molar refractivity (Wildman–Crippen MR) is 89.8 cm³/mol. The van der Waals surface area contributed by atoms with E-state index in [4.69, 9.17) is 16.0 Å². The van der Waals surface area contributed by atoms with Crippen molar-refractivity contribution in [2.45, 2.75) is 31.8 Å². The minimum absolute atomic E-state index is 0.00972. The van der Waals surface area contributed by atoms with Crippen molar-refractivity contribution >= 4 is 28.8 Å². The number of hydrogen-bond acceptors (Lipinski definition) is 5. The Labute approximate surface area is 143 Å². The minimum Gasteiger partial charge on any atom is -0.442 e. The van der Waals surface area contributed by atoms with E-state index in [-0.39, 0.29) is 11.9 Å². The van der Waals surface area contributed by atoms with Gasteiger partial charge in [0.15, 0.2) is 5.15 Å². The number of carbonyl (C=O) groups is 1. The lowest BCUT2D eigenvalue weighted by Gasteiger charge is -2.49. The van der Waals surface area contributed by atoms with Gasteiger partial charge in [0.2, 0.25) is 5.89 Å². The normalized spacial score (nSPS) is 29.7. The van der Waals surface area contributed by atoms with E-state index in [0.29, 0.717) is 27.9 Å². The second-order valence-corrected chi connectivity index (χ2v) is 7.72. The Morgan fingerprint density at radius 2 is 2.22 bits per heavy atom. The van der Waals surface area contributed by atoms with Crippen molar-refractivity contribution in [2.24, 2.45) is 5.92 Å². The van der Waals surface area contributed by atoms with Crippen LogP contribution in [0.3, 0.4) is 0 Å². The average Bonchev–Trinajstić information content (AvgIpc) is 3.20. The van der Waals surface area contributed by atoms with Crippen molar-refractivity contribution in [3.63, 3.8) is 0 Å². The summed E-state index contributed by atoms with van der Waals surface area (Å²) in [6, 6.07) is 4.32. The highest BCUT2D eigenvalue weighted by Gasteiger charge is 2.40. The third-order valence-corrected chi connectivity index (χ3v) is 6.24. The minimum atomic E-state index is -0.00972. The summed E-state index contributed by atoms with van der Waals surface area (Å²) in [5.41, 5.74) is 0. The highest BCUT2D eigenvalue weighted by atomic mass is 35.5. The lowest BCUT2D eigenvalue weighted by Crippen LogP contribution is -2.62. The molecule has 0 aliphatic carbocycles. The van der Waals surface area contributed by atoms with Gasteiger partial charge in [-0.3, -0.25) is 9.69 Å². The van der Waals surface area contributed by atoms with Crippen LogP contribution in [-0.4, -0.2) is 41.0 Å². The van der Waals surface area contributed by atoms with Crippen LogP contribution >= 0.6 is 22.9 Å². The van der Waals surface area contributed by atoms with Crippen LogP contribution in [0.25, 0.3) is 10.8 Å². The molecule has 5 heterocycles. The molecular formula is C16H18ClN3O2S. The van der Waals surface area contributed by atoms with Gasteiger partial charge in [-0.2, -0.15) is 4.98 Å². The van der Waals surface area contributed by atoms with Crippen molar-refractivity contribution in [2.75, 3.05) is 13.1 Å². The molecule has 0 aromatic carbocycles. The van der Waals surface area contributed by atoms with Crippen molar-refractivity contribution in [3.05, 3.63) is 28.4 Å². The molecule has 2 atom stereocenters. The van der Waals surface area contributed by atoms with Gasteiger partial charge in [0, 0.05) is 12.1 Å². The van der Waals surface area contributed by atoms with E-state index in [1.165, 1.54) is 30.4 Å². The summed E-state index contributed by atoms with van der Waals surface area (Å²) in [4.78, 5) is 20.6. The molecule has 2 aromatic heterocycles. The standard InChI is InChI=1S/C16H18ClN3O2S/c1-9-14(10-4-6-20(9)7-5-10)19-15(21)11-2-3-12(23-11)16-18-13(17)8-22-16/h2-3,8-10,14H,4-7H2,1H3,(H,19,21). The fourth-order valence-electron chi connectivity index (χ4n) is 3.71. The summed E-state index contributed by atoms with van der Waals surface area (Å²) >= 11 is 7.15. The van der Waals surface area contributed by atoms with Crippen molar-refractivity contribution in [1.29, 1.82) is 0 Å². The molecule has 2 unspecified atom stereocenters. The third-order valence-electron chi connectivity index (χ3n) is 4.99. The number of rotatable bonds is 3. The van der Waals surface area contributed by atoms with Crippen molar-refractivity contribution in [3.8, 4) is 10.8 Å². The van der Waals surface area contributed by atoms with Crippen molar-refractivity contribution in [1.82, 2.24) is 15.2 Å². The maximum atomic E-state index is 12.6. The number of aromatic nitrogens is 1. The zero-order valence-electron chi connectivity index (χ0n) is 12.8. The zero-order chi connectivity index (χ0) is 16.0. The molecule has 1 amide bonds. The smallest absolute Gasteiger partial charge is 0.261 e. The van der Waals surface area contributed by atoms with Gasteiger partial charge >= 0.3 is 0 Å². The summed E-state index contributed by atoms with van der Waals surface area (Å²) in [5, 5.41) is 3.56. The van der Waals surface area contributed by atoms with E-state index in [9.17, 15) is 4.79 Å². The Morgan fingerprint density at radius 1 is 1.43 bits per heavy atom. The van der Waals surface area contributed by atoms with Crippen LogP contribution < -0.4 is 5.32 Å². The largest absolute Gasteiger partial charge is 0.442 e. The van der Waals surface area contributed by atoms with Gasteiger partial charge in [-0.1, -0.05) is 11.6 Å². The van der Waals surface area contributed by atoms with Gasteiger partial charge in [-0.15, -0.1) is 11.3 Å². The number of nitrogens with one attached hydrogen (secondary N) is 1. The first kappa shape index (κ1) is 15.2. The molecule has 3 saturated heterocycles. The van der Waals surface area contributed by atoms with Gasteiger partial charge in [-0.05, 0) is 50.9 Å². The highest BCUT2D eigenvalue weighted by molar-refractivity contribution is 7.17. The molecule has 0 saturated carbocycles. The predicted octanol–water partition coefficient (Wildman–Crippen LogP) is 3.27. The van der Waals surface area contributed by atoms with E-state index in [0.717, 1.165) is 18.0 Å². The first-order valence-corrected chi connectivity index (χ1v) is 9.07. The van der Waals surface area contributed by atoms with Crippen LogP contribution in [0.2, 0.25) is 5.15 Å². The van der Waals surface area contributed by atoms with Crippen LogP contribution in [-0.2, 0) is 0 Å². The molecule has 3 fully saturated rings. The van der Waals surface area contributed by atoms with Gasteiger partial charge < -0.3 is 9.73 Å². The molecule has 2 aromatic rings. The van der Waals surface area contributed by atoms with Gasteiger partial charge in [0.25, 0.3) is 5.91 Å². The second kappa shape index (κ2) is 5.92. The first-order chi connectivity index (χ1) is 11.1. The first-order valence-electron chi connectivity index (χ1n) is 7.88. The molecule has 23 heavy (non-hydrogen) atoms. The topological polar surface area (TPSA) is 58.4 Å². The molecule has 7 heteroatoms. The van der Waals surface area contributed by atoms with Gasteiger partial charge in [0.1, 0.15) is 6.26 Å². The Hall–Kier alpha value is -1.37. The number of piperidine rings is 3. The Morgan fingerprint density at radius 3 is 2.87 bits per heavy atom. The number of nitrogens with zero attached hydrogens (tertiary/aromatic N) is 2.